The Morgan fingerprint density at radius 2 is 2.10 bits per heavy atom. The second kappa shape index (κ2) is 6.03. The van der Waals surface area contributed by atoms with Gasteiger partial charge in [-0.2, -0.15) is 21.6 Å². The maximum Gasteiger partial charge on any atom is 0.523 e. The molecule has 120 valence electrons. The molecule has 2 N–H and O–H groups in total. The summed E-state index contributed by atoms with van der Waals surface area (Å²) in [5, 5.41) is 21.8. The lowest BCUT2D eigenvalue weighted by Crippen LogP contribution is -2.43. The molecule has 1 aliphatic heterocycles. The van der Waals surface area contributed by atoms with Gasteiger partial charge in [0.15, 0.2) is 6.10 Å². The zero-order valence-corrected chi connectivity index (χ0v) is 10.7. The molecular formula is C7H8F3N3O7S. The lowest BCUT2D eigenvalue weighted by Gasteiger charge is -2.19. The number of nitrogens with zero attached hydrogens (tertiary/aromatic N) is 3. The predicted octanol–water partition coefficient (Wildman–Crippen LogP) is -0.821. The van der Waals surface area contributed by atoms with Crippen molar-refractivity contribution in [1.82, 2.24) is 0 Å². The molecule has 4 atom stereocenters. The molecule has 0 bridgehead atoms. The van der Waals surface area contributed by atoms with E-state index in [4.69, 9.17) is 5.53 Å². The highest BCUT2D eigenvalue weighted by atomic mass is 32.2. The SMILES string of the molecule is [N-]=[N+]=NC[C@@H](O)[C@@H]1OC(=O)[C@H](OS(=O)(=O)C(F)(F)F)[C@H]1O. The summed E-state index contributed by atoms with van der Waals surface area (Å²) in [6.45, 7) is -0.662. The Balaban J connectivity index is 2.88. The molecule has 14 heteroatoms. The maximum absolute atomic E-state index is 12.1. The third-order valence-corrected chi connectivity index (χ3v) is 3.38. The molecule has 21 heavy (non-hydrogen) atoms. The number of cyclic esters (lactones) is 1. The van der Waals surface area contributed by atoms with E-state index in [1.165, 1.54) is 0 Å². The van der Waals surface area contributed by atoms with E-state index < -0.39 is 52.6 Å². The van der Waals surface area contributed by atoms with Gasteiger partial charge < -0.3 is 14.9 Å². The van der Waals surface area contributed by atoms with Crippen LogP contribution < -0.4 is 0 Å². The summed E-state index contributed by atoms with van der Waals surface area (Å²) in [6, 6.07) is 0. The van der Waals surface area contributed by atoms with E-state index in [1.54, 1.807) is 0 Å². The van der Waals surface area contributed by atoms with Crippen LogP contribution in [0.25, 0.3) is 10.4 Å². The van der Waals surface area contributed by atoms with Gasteiger partial charge in [-0.05, 0) is 5.53 Å². The second-order valence-corrected chi connectivity index (χ2v) is 5.35. The van der Waals surface area contributed by atoms with Gasteiger partial charge in [-0.15, -0.1) is 0 Å². The van der Waals surface area contributed by atoms with Crippen LogP contribution in [-0.2, 0) is 23.8 Å². The van der Waals surface area contributed by atoms with Gasteiger partial charge in [0.25, 0.3) is 0 Å². The molecule has 0 aromatic heterocycles. The highest BCUT2D eigenvalue weighted by molar-refractivity contribution is 7.87. The van der Waals surface area contributed by atoms with Crippen molar-refractivity contribution in [2.24, 2.45) is 5.11 Å². The molecule has 0 aromatic carbocycles. The van der Waals surface area contributed by atoms with Crippen molar-refractivity contribution < 1.29 is 45.5 Å². The molecule has 0 spiro atoms. The van der Waals surface area contributed by atoms with Crippen LogP contribution >= 0.6 is 0 Å². The van der Waals surface area contributed by atoms with E-state index in [2.05, 4.69) is 18.9 Å². The number of carbonyl (C=O) groups excluding carboxylic acids is 1. The minimum Gasteiger partial charge on any atom is -0.455 e. The number of hydrogen-bond acceptors (Lipinski definition) is 8. The number of hydrogen-bond donors (Lipinski definition) is 2. The van der Waals surface area contributed by atoms with Crippen LogP contribution in [0.3, 0.4) is 0 Å². The van der Waals surface area contributed by atoms with Gasteiger partial charge in [0.05, 0.1) is 12.6 Å². The smallest absolute Gasteiger partial charge is 0.455 e. The molecule has 0 amide bonds. The third-order valence-electron chi connectivity index (χ3n) is 2.36. The lowest BCUT2D eigenvalue weighted by molar-refractivity contribution is -0.149. The second-order valence-electron chi connectivity index (χ2n) is 3.79. The number of azide groups is 1. The number of esters is 1. The quantitative estimate of drug-likeness (QED) is 0.166. The van der Waals surface area contributed by atoms with Crippen molar-refractivity contribution in [1.29, 1.82) is 0 Å². The summed E-state index contributed by atoms with van der Waals surface area (Å²) in [4.78, 5) is 13.5. The average molecular weight is 335 g/mol. The molecule has 0 radical (unpaired) electrons. The summed E-state index contributed by atoms with van der Waals surface area (Å²) >= 11 is 0. The molecule has 1 heterocycles. The lowest BCUT2D eigenvalue weighted by atomic mass is 10.1. The van der Waals surface area contributed by atoms with E-state index >= 15 is 0 Å². The molecule has 0 saturated carbocycles. The van der Waals surface area contributed by atoms with E-state index in [0.717, 1.165) is 0 Å². The Morgan fingerprint density at radius 3 is 2.57 bits per heavy atom. The van der Waals surface area contributed by atoms with Crippen molar-refractivity contribution in [2.75, 3.05) is 6.54 Å². The zero-order chi connectivity index (χ0) is 16.4. The topological polar surface area (TPSA) is 159 Å². The van der Waals surface area contributed by atoms with Crippen LogP contribution in [-0.4, -0.2) is 61.1 Å². The first-order chi connectivity index (χ1) is 9.51. The number of rotatable bonds is 5. The van der Waals surface area contributed by atoms with Crippen LogP contribution in [0.4, 0.5) is 13.2 Å². The third kappa shape index (κ3) is 3.74. The van der Waals surface area contributed by atoms with Crippen LogP contribution in [0.1, 0.15) is 0 Å². The minimum atomic E-state index is -6.14. The number of aliphatic hydroxyl groups excluding tert-OH is 2. The van der Waals surface area contributed by atoms with Gasteiger partial charge >= 0.3 is 21.6 Å². The van der Waals surface area contributed by atoms with Crippen molar-refractivity contribution in [3.05, 3.63) is 10.4 Å². The molecule has 1 rings (SSSR count). The van der Waals surface area contributed by atoms with E-state index in [9.17, 15) is 36.6 Å². The van der Waals surface area contributed by atoms with Gasteiger partial charge in [0.2, 0.25) is 6.10 Å². The Labute approximate surface area is 114 Å². The Hall–Kier alpha value is -1.60. The fourth-order valence-corrected chi connectivity index (χ4v) is 1.97. The van der Waals surface area contributed by atoms with Crippen LogP contribution in [0.2, 0.25) is 0 Å². The first-order valence-electron chi connectivity index (χ1n) is 5.08. The standard InChI is InChI=1S/C7H8F3N3O7S/c8-7(9,10)21(17,18)20-5-3(15)4(19-6(5)16)2(14)1-12-13-11/h2-5,14-15H,1H2/t2-,3+,4+,5-/m1/s1. The summed E-state index contributed by atoms with van der Waals surface area (Å²) in [6.07, 6.45) is -8.22. The van der Waals surface area contributed by atoms with Gasteiger partial charge in [0, 0.05) is 4.91 Å². The van der Waals surface area contributed by atoms with Crippen molar-refractivity contribution in [3.63, 3.8) is 0 Å². The normalized spacial score (nSPS) is 27.9. The van der Waals surface area contributed by atoms with E-state index in [-0.39, 0.29) is 0 Å². The number of halogens is 3. The number of carbonyl (C=O) groups is 1. The summed E-state index contributed by atoms with van der Waals surface area (Å²) in [5.41, 5.74) is 2.22. The first kappa shape index (κ1) is 17.5. The van der Waals surface area contributed by atoms with E-state index in [1.807, 2.05) is 0 Å². The molecule has 0 unspecified atom stereocenters. The molecule has 1 fully saturated rings. The Bertz CT molecular complexity index is 558. The Kier molecular flexibility index (Phi) is 5.01. The van der Waals surface area contributed by atoms with Crippen LogP contribution in [0, 0.1) is 0 Å². The minimum absolute atomic E-state index is 0.662. The molecule has 0 aliphatic carbocycles. The predicted molar refractivity (Wildman–Crippen MR) is 55.8 cm³/mol. The highest BCUT2D eigenvalue weighted by Crippen LogP contribution is 2.30. The van der Waals surface area contributed by atoms with Crippen LogP contribution in [0.15, 0.2) is 5.11 Å². The summed E-state index contributed by atoms with van der Waals surface area (Å²) in [5.74, 6) is -1.61. The molecule has 0 aromatic rings. The van der Waals surface area contributed by atoms with Gasteiger partial charge in [-0.3, -0.25) is 0 Å². The zero-order valence-electron chi connectivity index (χ0n) is 9.84. The Morgan fingerprint density at radius 1 is 1.52 bits per heavy atom. The fourth-order valence-electron chi connectivity index (χ4n) is 1.40. The van der Waals surface area contributed by atoms with Crippen LogP contribution in [0.5, 0.6) is 0 Å². The number of aliphatic hydroxyl groups is 2. The summed E-state index contributed by atoms with van der Waals surface area (Å²) in [7, 11) is -6.14. The van der Waals surface area contributed by atoms with Crippen molar-refractivity contribution in [2.45, 2.75) is 29.9 Å². The maximum atomic E-state index is 12.1. The van der Waals surface area contributed by atoms with Crippen molar-refractivity contribution >= 4 is 16.1 Å². The van der Waals surface area contributed by atoms with E-state index in [0.29, 0.717) is 0 Å². The highest BCUT2D eigenvalue weighted by Gasteiger charge is 2.55. The largest absolute Gasteiger partial charge is 0.523 e. The van der Waals surface area contributed by atoms with Gasteiger partial charge in [0.1, 0.15) is 6.10 Å². The number of ether oxygens (including phenoxy) is 1. The molecule has 1 saturated heterocycles. The van der Waals surface area contributed by atoms with Gasteiger partial charge in [-0.1, -0.05) is 5.11 Å². The average Bonchev–Trinajstić information content (AvgIpc) is 2.62. The van der Waals surface area contributed by atoms with Gasteiger partial charge in [-0.25, -0.2) is 8.98 Å². The summed E-state index contributed by atoms with van der Waals surface area (Å²) < 4.78 is 65.7. The molecule has 10 nitrogen and oxygen atoms in total. The number of alkyl halides is 3. The van der Waals surface area contributed by atoms with Crippen molar-refractivity contribution in [3.8, 4) is 0 Å². The monoisotopic (exact) mass is 335 g/mol. The molecule has 1 aliphatic rings. The first-order valence-corrected chi connectivity index (χ1v) is 6.49. The fraction of sp³-hybridized carbons (Fsp3) is 0.857. The molecular weight excluding hydrogens is 327 g/mol.